The summed E-state index contributed by atoms with van der Waals surface area (Å²) in [5.41, 5.74) is 2.69. The second kappa shape index (κ2) is 5.96. The molecule has 0 aromatic heterocycles. The van der Waals surface area contributed by atoms with Gasteiger partial charge in [-0.25, -0.2) is 0 Å². The van der Waals surface area contributed by atoms with E-state index < -0.39 is 0 Å². The maximum Gasteiger partial charge on any atom is 0.01000 e. The van der Waals surface area contributed by atoms with Crippen LogP contribution in [0, 0.1) is 5.92 Å². The number of hydrogen-bond donors (Lipinski definition) is 2. The minimum atomic E-state index is 0. The van der Waals surface area contributed by atoms with Gasteiger partial charge in [-0.05, 0) is 12.3 Å². The largest absolute Gasteiger partial charge is 0.271 e. The summed E-state index contributed by atoms with van der Waals surface area (Å²) in [4.78, 5) is 0. The summed E-state index contributed by atoms with van der Waals surface area (Å²) >= 11 is 0. The average molecular weight is 165 g/mol. The van der Waals surface area contributed by atoms with Crippen molar-refractivity contribution >= 4 is 12.4 Å². The Morgan fingerprint density at radius 2 is 1.90 bits per heavy atom. The van der Waals surface area contributed by atoms with Crippen LogP contribution in [0.5, 0.6) is 0 Å². The van der Waals surface area contributed by atoms with Crippen molar-refractivity contribution in [1.29, 1.82) is 0 Å². The van der Waals surface area contributed by atoms with E-state index >= 15 is 0 Å². The first kappa shape index (κ1) is 10.2. The van der Waals surface area contributed by atoms with Gasteiger partial charge in [0, 0.05) is 6.54 Å². The normalized spacial score (nSPS) is 18.9. The molecule has 0 heterocycles. The van der Waals surface area contributed by atoms with E-state index in [0.717, 1.165) is 12.5 Å². The molecule has 2 nitrogen and oxygen atoms in total. The lowest BCUT2D eigenvalue weighted by atomic mass is 10.1. The van der Waals surface area contributed by atoms with Crippen molar-refractivity contribution in [3.05, 3.63) is 0 Å². The van der Waals surface area contributed by atoms with E-state index in [1.165, 1.54) is 32.1 Å². The number of halogens is 1. The smallest absolute Gasteiger partial charge is 0.01000 e. The molecule has 0 aliphatic heterocycles. The Hall–Kier alpha value is 0.210. The van der Waals surface area contributed by atoms with Crippen LogP contribution in [-0.2, 0) is 0 Å². The van der Waals surface area contributed by atoms with Crippen LogP contribution < -0.4 is 11.3 Å². The molecule has 0 radical (unpaired) electrons. The SMILES string of the molecule is Cl.NNCCC1CCCC1. The molecule has 0 saturated heterocycles. The third kappa shape index (κ3) is 3.40. The van der Waals surface area contributed by atoms with E-state index in [4.69, 9.17) is 5.84 Å². The Bertz CT molecular complexity index is 72.0. The maximum atomic E-state index is 5.16. The first-order valence-electron chi connectivity index (χ1n) is 3.87. The third-order valence-electron chi connectivity index (χ3n) is 2.17. The van der Waals surface area contributed by atoms with Crippen LogP contribution >= 0.6 is 12.4 Å². The van der Waals surface area contributed by atoms with E-state index in [1.807, 2.05) is 0 Å². The number of hydrazine groups is 1. The molecule has 1 rings (SSSR count). The lowest BCUT2D eigenvalue weighted by molar-refractivity contribution is 0.482. The number of nitrogens with two attached hydrogens (primary N) is 1. The molecule has 62 valence electrons. The number of nitrogens with one attached hydrogen (secondary N) is 1. The van der Waals surface area contributed by atoms with Crippen LogP contribution in [0.2, 0.25) is 0 Å². The minimum absolute atomic E-state index is 0. The van der Waals surface area contributed by atoms with Crippen LogP contribution in [0.1, 0.15) is 32.1 Å². The van der Waals surface area contributed by atoms with E-state index in [1.54, 1.807) is 0 Å². The third-order valence-corrected chi connectivity index (χ3v) is 2.17. The second-order valence-electron chi connectivity index (χ2n) is 2.89. The predicted molar refractivity (Wildman–Crippen MR) is 46.0 cm³/mol. The molecule has 1 aliphatic rings. The predicted octanol–water partition coefficient (Wildman–Crippen LogP) is 1.45. The summed E-state index contributed by atoms with van der Waals surface area (Å²) in [5, 5.41) is 0. The summed E-state index contributed by atoms with van der Waals surface area (Å²) < 4.78 is 0. The fraction of sp³-hybridized carbons (Fsp3) is 1.00. The second-order valence-corrected chi connectivity index (χ2v) is 2.89. The van der Waals surface area contributed by atoms with Gasteiger partial charge in [-0.1, -0.05) is 25.7 Å². The van der Waals surface area contributed by atoms with Crippen molar-refractivity contribution in [3.63, 3.8) is 0 Å². The fourth-order valence-electron chi connectivity index (χ4n) is 1.59. The van der Waals surface area contributed by atoms with Crippen molar-refractivity contribution in [2.75, 3.05) is 6.54 Å². The van der Waals surface area contributed by atoms with E-state index in [0.29, 0.717) is 0 Å². The van der Waals surface area contributed by atoms with Crippen LogP contribution in [0.25, 0.3) is 0 Å². The molecule has 0 unspecified atom stereocenters. The Morgan fingerprint density at radius 1 is 1.30 bits per heavy atom. The van der Waals surface area contributed by atoms with Gasteiger partial charge in [0.05, 0.1) is 0 Å². The van der Waals surface area contributed by atoms with Crippen molar-refractivity contribution in [2.24, 2.45) is 11.8 Å². The number of rotatable bonds is 3. The van der Waals surface area contributed by atoms with E-state index in [-0.39, 0.29) is 12.4 Å². The van der Waals surface area contributed by atoms with Gasteiger partial charge in [0.15, 0.2) is 0 Å². The molecule has 3 N–H and O–H groups in total. The molecule has 10 heavy (non-hydrogen) atoms. The molecular formula is C7H17ClN2. The van der Waals surface area contributed by atoms with Crippen molar-refractivity contribution in [2.45, 2.75) is 32.1 Å². The topological polar surface area (TPSA) is 38.0 Å². The molecule has 0 spiro atoms. The highest BCUT2D eigenvalue weighted by atomic mass is 35.5. The van der Waals surface area contributed by atoms with Gasteiger partial charge in [-0.15, -0.1) is 12.4 Å². The summed E-state index contributed by atoms with van der Waals surface area (Å²) in [6.07, 6.45) is 7.02. The molecule has 0 amide bonds. The van der Waals surface area contributed by atoms with Crippen LogP contribution in [0.4, 0.5) is 0 Å². The van der Waals surface area contributed by atoms with Gasteiger partial charge < -0.3 is 0 Å². The molecule has 3 heteroatoms. The first-order valence-corrected chi connectivity index (χ1v) is 3.87. The van der Waals surface area contributed by atoms with Gasteiger partial charge in [0.1, 0.15) is 0 Å². The zero-order valence-electron chi connectivity index (χ0n) is 6.31. The molecule has 1 fully saturated rings. The summed E-state index contributed by atoms with van der Waals surface area (Å²) in [5.74, 6) is 6.13. The molecule has 0 atom stereocenters. The summed E-state index contributed by atoms with van der Waals surface area (Å²) in [7, 11) is 0. The quantitative estimate of drug-likeness (QED) is 0.490. The highest BCUT2D eigenvalue weighted by Gasteiger charge is 2.13. The number of hydrogen-bond acceptors (Lipinski definition) is 2. The van der Waals surface area contributed by atoms with Crippen molar-refractivity contribution in [3.8, 4) is 0 Å². The summed E-state index contributed by atoms with van der Waals surface area (Å²) in [6.45, 7) is 0.991. The van der Waals surface area contributed by atoms with E-state index in [2.05, 4.69) is 5.43 Å². The molecule has 0 bridgehead atoms. The van der Waals surface area contributed by atoms with E-state index in [9.17, 15) is 0 Å². The van der Waals surface area contributed by atoms with Crippen molar-refractivity contribution < 1.29 is 0 Å². The highest BCUT2D eigenvalue weighted by Crippen LogP contribution is 2.26. The Kier molecular flexibility index (Phi) is 6.08. The molecule has 0 aromatic carbocycles. The minimum Gasteiger partial charge on any atom is -0.271 e. The van der Waals surface area contributed by atoms with Crippen molar-refractivity contribution in [1.82, 2.24) is 5.43 Å². The zero-order valence-corrected chi connectivity index (χ0v) is 7.12. The monoisotopic (exact) mass is 164 g/mol. The lowest BCUT2D eigenvalue weighted by Crippen LogP contribution is -2.24. The summed E-state index contributed by atoms with van der Waals surface area (Å²) in [6, 6.07) is 0. The molecule has 1 saturated carbocycles. The van der Waals surface area contributed by atoms with Gasteiger partial charge >= 0.3 is 0 Å². The Balaban J connectivity index is 0.000000810. The Labute approximate surface area is 68.9 Å². The van der Waals surface area contributed by atoms with Gasteiger partial charge in [-0.2, -0.15) is 0 Å². The lowest BCUT2D eigenvalue weighted by Gasteiger charge is -2.05. The Morgan fingerprint density at radius 3 is 2.40 bits per heavy atom. The van der Waals surface area contributed by atoms with Gasteiger partial charge in [0.2, 0.25) is 0 Å². The molecular weight excluding hydrogens is 148 g/mol. The molecule has 0 aromatic rings. The van der Waals surface area contributed by atoms with Crippen LogP contribution in [0.3, 0.4) is 0 Å². The van der Waals surface area contributed by atoms with Gasteiger partial charge in [0.25, 0.3) is 0 Å². The maximum absolute atomic E-state index is 5.16. The zero-order chi connectivity index (χ0) is 6.53. The van der Waals surface area contributed by atoms with Crippen LogP contribution in [0.15, 0.2) is 0 Å². The fourth-order valence-corrected chi connectivity index (χ4v) is 1.59. The van der Waals surface area contributed by atoms with Crippen LogP contribution in [-0.4, -0.2) is 6.54 Å². The highest BCUT2D eigenvalue weighted by molar-refractivity contribution is 5.85. The molecule has 1 aliphatic carbocycles. The average Bonchev–Trinajstić information content (AvgIpc) is 2.34. The standard InChI is InChI=1S/C7H16N2.ClH/c8-9-6-5-7-3-1-2-4-7;/h7,9H,1-6,8H2;1H. The van der Waals surface area contributed by atoms with Gasteiger partial charge in [-0.3, -0.25) is 11.3 Å². The first-order chi connectivity index (χ1) is 4.43.